The van der Waals surface area contributed by atoms with E-state index in [1.165, 1.54) is 0 Å². The van der Waals surface area contributed by atoms with Gasteiger partial charge in [-0.2, -0.15) is 5.26 Å². The summed E-state index contributed by atoms with van der Waals surface area (Å²) >= 11 is 0. The first-order valence-electron chi connectivity index (χ1n) is 7.44. The molecule has 1 unspecified atom stereocenters. The van der Waals surface area contributed by atoms with Crippen molar-refractivity contribution in [2.45, 2.75) is 58.6 Å². The molecule has 1 atom stereocenters. The number of nitrogens with zero attached hydrogens (tertiary/aromatic N) is 2. The van der Waals surface area contributed by atoms with Gasteiger partial charge in [0.05, 0.1) is 17.7 Å². The molecule has 1 fully saturated rings. The fourth-order valence-corrected chi connectivity index (χ4v) is 2.98. The van der Waals surface area contributed by atoms with Gasteiger partial charge in [0.25, 0.3) is 0 Å². The number of esters is 1. The summed E-state index contributed by atoms with van der Waals surface area (Å²) in [6.07, 6.45) is 6.14. The molecule has 0 amide bonds. The molecule has 0 aromatic rings. The van der Waals surface area contributed by atoms with Gasteiger partial charge in [0.2, 0.25) is 5.96 Å². The van der Waals surface area contributed by atoms with E-state index in [2.05, 4.69) is 15.6 Å². The molecule has 0 spiro atoms. The topological polar surface area (TPSA) is 86.5 Å². The van der Waals surface area contributed by atoms with Crippen LogP contribution in [-0.2, 0) is 9.53 Å². The number of allylic oxidation sites excluding steroid dienone is 1. The van der Waals surface area contributed by atoms with E-state index >= 15 is 0 Å². The Morgan fingerprint density at radius 1 is 1.48 bits per heavy atom. The summed E-state index contributed by atoms with van der Waals surface area (Å²) in [5, 5.41) is 14.3. The Kier molecular flexibility index (Phi) is 4.84. The minimum Gasteiger partial charge on any atom is -0.460 e. The van der Waals surface area contributed by atoms with E-state index in [0.717, 1.165) is 25.7 Å². The van der Waals surface area contributed by atoms with Crippen molar-refractivity contribution >= 4 is 11.9 Å². The second-order valence-electron chi connectivity index (χ2n) is 5.82. The van der Waals surface area contributed by atoms with Crippen LogP contribution in [-0.4, -0.2) is 24.1 Å². The van der Waals surface area contributed by atoms with Crippen LogP contribution in [0.4, 0.5) is 0 Å². The molecular weight excluding hydrogens is 268 g/mol. The fraction of sp³-hybridized carbons (Fsp3) is 0.667. The van der Waals surface area contributed by atoms with Gasteiger partial charge in [-0.3, -0.25) is 5.32 Å². The number of guanidine groups is 1. The lowest BCUT2D eigenvalue weighted by Gasteiger charge is -2.29. The van der Waals surface area contributed by atoms with Crippen molar-refractivity contribution in [3.8, 4) is 6.19 Å². The number of aliphatic imine (C=N–C) groups is 1. The van der Waals surface area contributed by atoms with Crippen LogP contribution in [0.25, 0.3) is 0 Å². The van der Waals surface area contributed by atoms with Crippen LogP contribution in [0.3, 0.4) is 0 Å². The molecule has 21 heavy (non-hydrogen) atoms. The molecule has 6 heteroatoms. The van der Waals surface area contributed by atoms with Crippen LogP contribution in [0.15, 0.2) is 16.3 Å². The highest BCUT2D eigenvalue weighted by Gasteiger charge is 2.36. The number of nitriles is 1. The Bertz CT molecular complexity index is 510. The fourth-order valence-electron chi connectivity index (χ4n) is 2.98. The van der Waals surface area contributed by atoms with E-state index in [4.69, 9.17) is 10.00 Å². The average Bonchev–Trinajstić information content (AvgIpc) is 2.90. The van der Waals surface area contributed by atoms with Crippen molar-refractivity contribution in [2.75, 3.05) is 0 Å². The van der Waals surface area contributed by atoms with Gasteiger partial charge in [-0.15, -0.1) is 0 Å². The van der Waals surface area contributed by atoms with E-state index in [1.807, 2.05) is 27.0 Å². The first-order valence-corrected chi connectivity index (χ1v) is 7.44. The molecule has 2 aliphatic rings. The Morgan fingerprint density at radius 3 is 2.71 bits per heavy atom. The normalized spacial score (nSPS) is 22.6. The molecule has 0 saturated heterocycles. The van der Waals surface area contributed by atoms with E-state index in [0.29, 0.717) is 23.1 Å². The summed E-state index contributed by atoms with van der Waals surface area (Å²) in [6, 6.07) is -0.226. The van der Waals surface area contributed by atoms with Crippen molar-refractivity contribution in [3.63, 3.8) is 0 Å². The molecule has 0 bridgehead atoms. The Morgan fingerprint density at radius 2 is 2.14 bits per heavy atom. The van der Waals surface area contributed by atoms with Crippen LogP contribution in [0, 0.1) is 17.4 Å². The van der Waals surface area contributed by atoms with E-state index < -0.39 is 0 Å². The summed E-state index contributed by atoms with van der Waals surface area (Å²) in [6.45, 7) is 5.49. The van der Waals surface area contributed by atoms with Crippen LogP contribution >= 0.6 is 0 Å². The van der Waals surface area contributed by atoms with Crippen molar-refractivity contribution < 1.29 is 9.53 Å². The molecule has 1 aliphatic heterocycles. The molecule has 6 nitrogen and oxygen atoms in total. The molecule has 1 heterocycles. The third-order valence-electron chi connectivity index (χ3n) is 3.86. The van der Waals surface area contributed by atoms with Gasteiger partial charge in [-0.1, -0.05) is 12.8 Å². The third kappa shape index (κ3) is 3.54. The first-order chi connectivity index (χ1) is 10.0. The van der Waals surface area contributed by atoms with E-state index in [-0.39, 0.29) is 18.1 Å². The van der Waals surface area contributed by atoms with Gasteiger partial charge in [0, 0.05) is 5.70 Å². The average molecular weight is 290 g/mol. The summed E-state index contributed by atoms with van der Waals surface area (Å²) in [5.41, 5.74) is 1.31. The predicted octanol–water partition coefficient (Wildman–Crippen LogP) is 1.80. The number of hydrogen-bond donors (Lipinski definition) is 2. The maximum atomic E-state index is 12.4. The monoisotopic (exact) mass is 290 g/mol. The number of carbonyl (C=O) groups is 1. The van der Waals surface area contributed by atoms with Crippen LogP contribution < -0.4 is 10.6 Å². The molecule has 0 aromatic heterocycles. The lowest BCUT2D eigenvalue weighted by molar-refractivity contribution is -0.143. The Balaban J connectivity index is 2.28. The second kappa shape index (κ2) is 6.61. The second-order valence-corrected chi connectivity index (χ2v) is 5.82. The highest BCUT2D eigenvalue weighted by atomic mass is 16.5. The van der Waals surface area contributed by atoms with Crippen molar-refractivity contribution in [3.05, 3.63) is 11.3 Å². The quantitative estimate of drug-likeness (QED) is 0.470. The van der Waals surface area contributed by atoms with Gasteiger partial charge in [-0.05, 0) is 39.5 Å². The number of rotatable bonds is 3. The first kappa shape index (κ1) is 15.4. The zero-order valence-corrected chi connectivity index (χ0v) is 12.8. The number of carbonyl (C=O) groups excluding carboxylic acids is 1. The molecule has 1 saturated carbocycles. The lowest BCUT2D eigenvalue weighted by atomic mass is 9.90. The summed E-state index contributed by atoms with van der Waals surface area (Å²) < 4.78 is 5.35. The Labute approximate surface area is 125 Å². The van der Waals surface area contributed by atoms with Crippen LogP contribution in [0.2, 0.25) is 0 Å². The SMILES string of the molecule is CC1=C(C(=O)OC(C)C)C(C2CCCC2)N=C(NC#N)N1. The van der Waals surface area contributed by atoms with Gasteiger partial charge >= 0.3 is 5.97 Å². The maximum absolute atomic E-state index is 12.4. The third-order valence-corrected chi connectivity index (χ3v) is 3.86. The van der Waals surface area contributed by atoms with Crippen LogP contribution in [0.1, 0.15) is 46.5 Å². The highest BCUT2D eigenvalue weighted by Crippen LogP contribution is 2.35. The number of ether oxygens (including phenoxy) is 1. The zero-order valence-electron chi connectivity index (χ0n) is 12.8. The molecule has 0 radical (unpaired) electrons. The molecule has 2 N–H and O–H groups in total. The summed E-state index contributed by atoms with van der Waals surface area (Å²) in [5.74, 6) is 0.437. The van der Waals surface area contributed by atoms with E-state index in [9.17, 15) is 4.79 Å². The largest absolute Gasteiger partial charge is 0.460 e. The molecule has 2 rings (SSSR count). The number of nitrogens with one attached hydrogen (secondary N) is 2. The highest BCUT2D eigenvalue weighted by molar-refractivity contribution is 5.95. The lowest BCUT2D eigenvalue weighted by Crippen LogP contribution is -2.43. The minimum atomic E-state index is -0.313. The van der Waals surface area contributed by atoms with Gasteiger partial charge in [0.1, 0.15) is 0 Å². The van der Waals surface area contributed by atoms with Crippen LogP contribution in [0.5, 0.6) is 0 Å². The van der Waals surface area contributed by atoms with Crippen molar-refractivity contribution in [2.24, 2.45) is 10.9 Å². The Hall–Kier alpha value is -2.03. The molecule has 114 valence electrons. The van der Waals surface area contributed by atoms with Gasteiger partial charge < -0.3 is 10.1 Å². The molecule has 1 aliphatic carbocycles. The smallest absolute Gasteiger partial charge is 0.338 e. The van der Waals surface area contributed by atoms with Crippen molar-refractivity contribution in [1.82, 2.24) is 10.6 Å². The van der Waals surface area contributed by atoms with Crippen molar-refractivity contribution in [1.29, 1.82) is 5.26 Å². The maximum Gasteiger partial charge on any atom is 0.338 e. The standard InChI is InChI=1S/C15H22N4O2/c1-9(2)21-14(20)12-10(3)18-15(17-8-16)19-13(12)11-6-4-5-7-11/h9,11,13H,4-7H2,1-3H3,(H2,17,18,19). The van der Waals surface area contributed by atoms with Gasteiger partial charge in [-0.25, -0.2) is 9.79 Å². The molecular formula is C15H22N4O2. The van der Waals surface area contributed by atoms with Gasteiger partial charge in [0.15, 0.2) is 6.19 Å². The zero-order chi connectivity index (χ0) is 15.4. The predicted molar refractivity (Wildman–Crippen MR) is 79.0 cm³/mol. The summed E-state index contributed by atoms with van der Waals surface area (Å²) in [7, 11) is 0. The van der Waals surface area contributed by atoms with E-state index in [1.54, 1.807) is 0 Å². The number of hydrogen-bond acceptors (Lipinski definition) is 6. The minimum absolute atomic E-state index is 0.162. The summed E-state index contributed by atoms with van der Waals surface area (Å²) in [4.78, 5) is 16.9. The molecule has 0 aromatic carbocycles.